The lowest BCUT2D eigenvalue weighted by Gasteiger charge is -2.22. The highest BCUT2D eigenvalue weighted by atomic mass is 16.5. The zero-order valence-corrected chi connectivity index (χ0v) is 15.8. The molecule has 3 rings (SSSR count). The van der Waals surface area contributed by atoms with E-state index in [4.69, 9.17) is 4.74 Å². The molecule has 2 aromatic rings. The summed E-state index contributed by atoms with van der Waals surface area (Å²) in [7, 11) is 1.55. The lowest BCUT2D eigenvalue weighted by molar-refractivity contribution is 0.0641. The van der Waals surface area contributed by atoms with Crippen molar-refractivity contribution >= 4 is 11.8 Å². The molecule has 0 radical (unpaired) electrons. The second-order valence-corrected chi connectivity index (χ2v) is 6.79. The van der Waals surface area contributed by atoms with Gasteiger partial charge in [-0.05, 0) is 31.2 Å². The van der Waals surface area contributed by atoms with Gasteiger partial charge in [0.2, 0.25) is 0 Å². The Morgan fingerprint density at radius 1 is 1.22 bits per heavy atom. The van der Waals surface area contributed by atoms with E-state index in [1.54, 1.807) is 17.8 Å². The smallest absolute Gasteiger partial charge is 0.271 e. The fourth-order valence-electron chi connectivity index (χ4n) is 3.25. The maximum atomic E-state index is 12.8. The topological polar surface area (TPSA) is 85.3 Å². The number of carbonyl (C=O) groups is 2. The van der Waals surface area contributed by atoms with Crippen LogP contribution in [0.2, 0.25) is 0 Å². The molecular weight excluding hydrogens is 344 g/mol. The zero-order valence-electron chi connectivity index (χ0n) is 15.8. The second-order valence-electron chi connectivity index (χ2n) is 6.79. The molecule has 1 saturated heterocycles. The molecule has 1 aliphatic heterocycles. The summed E-state index contributed by atoms with van der Waals surface area (Å²) in [6.07, 6.45) is 1.90. The number of aromatic nitrogens is 2. The average molecular weight is 370 g/mol. The molecule has 2 amide bonds. The summed E-state index contributed by atoms with van der Waals surface area (Å²) >= 11 is 0. The number of hydrogen-bond acceptors (Lipinski definition) is 4. The van der Waals surface area contributed by atoms with Crippen LogP contribution in [-0.2, 0) is 4.74 Å². The van der Waals surface area contributed by atoms with Gasteiger partial charge in [0.05, 0.1) is 6.04 Å². The normalized spacial score (nSPS) is 15.9. The van der Waals surface area contributed by atoms with Gasteiger partial charge in [0.25, 0.3) is 11.8 Å². The van der Waals surface area contributed by atoms with E-state index in [0.717, 1.165) is 31.6 Å². The maximum Gasteiger partial charge on any atom is 0.271 e. The van der Waals surface area contributed by atoms with Crippen LogP contribution in [0, 0.1) is 5.92 Å². The van der Waals surface area contributed by atoms with Gasteiger partial charge in [-0.3, -0.25) is 14.3 Å². The van der Waals surface area contributed by atoms with Gasteiger partial charge in [0.15, 0.2) is 5.69 Å². The van der Waals surface area contributed by atoms with Gasteiger partial charge >= 0.3 is 0 Å². The zero-order chi connectivity index (χ0) is 19.2. The fourth-order valence-corrected chi connectivity index (χ4v) is 3.25. The molecule has 144 valence electrons. The summed E-state index contributed by atoms with van der Waals surface area (Å²) in [6.45, 7) is 4.04. The van der Waals surface area contributed by atoms with Crippen LogP contribution >= 0.6 is 0 Å². The molecule has 0 unspecified atom stereocenters. The van der Waals surface area contributed by atoms with E-state index < -0.39 is 0 Å². The van der Waals surface area contributed by atoms with E-state index >= 15 is 0 Å². The second kappa shape index (κ2) is 8.81. The number of benzene rings is 1. The van der Waals surface area contributed by atoms with Crippen LogP contribution in [0.4, 0.5) is 0 Å². The monoisotopic (exact) mass is 370 g/mol. The lowest BCUT2D eigenvalue weighted by Crippen LogP contribution is -2.33. The third kappa shape index (κ3) is 4.54. The molecule has 1 aromatic carbocycles. The Bertz CT molecular complexity index is 782. The number of nitrogens with zero attached hydrogens (tertiary/aromatic N) is 2. The number of carbonyl (C=O) groups excluding carboxylic acids is 2. The predicted octanol–water partition coefficient (Wildman–Crippen LogP) is 2.01. The first-order chi connectivity index (χ1) is 13.1. The highest BCUT2D eigenvalue weighted by molar-refractivity contribution is 5.97. The Kier molecular flexibility index (Phi) is 6.24. The van der Waals surface area contributed by atoms with Crippen LogP contribution in [0.5, 0.6) is 0 Å². The highest BCUT2D eigenvalue weighted by Crippen LogP contribution is 2.20. The van der Waals surface area contributed by atoms with Crippen molar-refractivity contribution in [2.75, 3.05) is 26.8 Å². The molecule has 1 aromatic heterocycles. The number of rotatable bonds is 6. The van der Waals surface area contributed by atoms with Crippen molar-refractivity contribution in [2.45, 2.75) is 25.8 Å². The molecular formula is C20H26N4O3. The molecule has 1 aliphatic rings. The average Bonchev–Trinajstić information content (AvgIpc) is 3.18. The fraction of sp³-hybridized carbons (Fsp3) is 0.450. The SMILES string of the molecule is CNC(=O)c1cc(C(=O)NCC2CCOCC2)n([C@@H](C)c2ccccc2)n1. The van der Waals surface area contributed by atoms with Crippen molar-refractivity contribution in [3.63, 3.8) is 0 Å². The van der Waals surface area contributed by atoms with Gasteiger partial charge in [-0.15, -0.1) is 0 Å². The van der Waals surface area contributed by atoms with E-state index in [9.17, 15) is 9.59 Å². The molecule has 7 nitrogen and oxygen atoms in total. The van der Waals surface area contributed by atoms with Gasteiger partial charge in [-0.25, -0.2) is 0 Å². The number of nitrogens with one attached hydrogen (secondary N) is 2. The van der Waals surface area contributed by atoms with Gasteiger partial charge in [0, 0.05) is 32.9 Å². The van der Waals surface area contributed by atoms with Crippen LogP contribution < -0.4 is 10.6 Å². The summed E-state index contributed by atoms with van der Waals surface area (Å²) in [5.41, 5.74) is 1.64. The molecule has 0 aliphatic carbocycles. The molecule has 2 N–H and O–H groups in total. The summed E-state index contributed by atoms with van der Waals surface area (Å²) in [5.74, 6) is -0.108. The van der Waals surface area contributed by atoms with Crippen molar-refractivity contribution in [1.82, 2.24) is 20.4 Å². The Balaban J connectivity index is 1.82. The van der Waals surface area contributed by atoms with E-state index in [-0.39, 0.29) is 23.6 Å². The predicted molar refractivity (Wildman–Crippen MR) is 102 cm³/mol. The summed E-state index contributed by atoms with van der Waals surface area (Å²) < 4.78 is 6.99. The third-order valence-corrected chi connectivity index (χ3v) is 4.97. The molecule has 0 bridgehead atoms. The summed E-state index contributed by atoms with van der Waals surface area (Å²) in [4.78, 5) is 24.9. The Labute approximate surface area is 159 Å². The molecule has 1 fully saturated rings. The Morgan fingerprint density at radius 2 is 1.93 bits per heavy atom. The van der Waals surface area contributed by atoms with E-state index in [1.807, 2.05) is 37.3 Å². The number of amides is 2. The molecule has 1 atom stereocenters. The van der Waals surface area contributed by atoms with Crippen molar-refractivity contribution in [3.8, 4) is 0 Å². The molecule has 27 heavy (non-hydrogen) atoms. The van der Waals surface area contributed by atoms with Crippen molar-refractivity contribution < 1.29 is 14.3 Å². The molecule has 2 heterocycles. The van der Waals surface area contributed by atoms with Crippen molar-refractivity contribution in [2.24, 2.45) is 5.92 Å². The van der Waals surface area contributed by atoms with Crippen LogP contribution in [-0.4, -0.2) is 48.4 Å². The molecule has 0 spiro atoms. The van der Waals surface area contributed by atoms with Gasteiger partial charge in [-0.2, -0.15) is 5.10 Å². The van der Waals surface area contributed by atoms with Crippen molar-refractivity contribution in [1.29, 1.82) is 0 Å². The first kappa shape index (κ1) is 19.1. The minimum absolute atomic E-state index is 0.173. The van der Waals surface area contributed by atoms with Gasteiger partial charge in [-0.1, -0.05) is 30.3 Å². The van der Waals surface area contributed by atoms with E-state index in [2.05, 4.69) is 15.7 Å². The Hall–Kier alpha value is -2.67. The Morgan fingerprint density at radius 3 is 2.59 bits per heavy atom. The maximum absolute atomic E-state index is 12.8. The summed E-state index contributed by atoms with van der Waals surface area (Å²) in [6, 6.07) is 11.2. The van der Waals surface area contributed by atoms with Crippen LogP contribution in [0.15, 0.2) is 36.4 Å². The van der Waals surface area contributed by atoms with E-state index in [0.29, 0.717) is 18.2 Å². The van der Waals surface area contributed by atoms with Crippen molar-refractivity contribution in [3.05, 3.63) is 53.3 Å². The van der Waals surface area contributed by atoms with Crippen LogP contribution in [0.1, 0.15) is 52.3 Å². The number of ether oxygens (including phenoxy) is 1. The standard InChI is InChI=1S/C20H26N4O3/c1-14(16-6-4-3-5-7-16)24-18(12-17(23-24)19(25)21-2)20(26)22-13-15-8-10-27-11-9-15/h3-7,12,14-15H,8-11,13H2,1-2H3,(H,21,25)(H,22,26)/t14-/m0/s1. The number of hydrogen-bond donors (Lipinski definition) is 2. The van der Waals surface area contributed by atoms with Crippen LogP contribution in [0.25, 0.3) is 0 Å². The van der Waals surface area contributed by atoms with Gasteiger partial charge in [0.1, 0.15) is 5.69 Å². The minimum atomic E-state index is -0.313. The largest absolute Gasteiger partial charge is 0.381 e. The summed E-state index contributed by atoms with van der Waals surface area (Å²) in [5, 5.41) is 9.96. The van der Waals surface area contributed by atoms with E-state index in [1.165, 1.54) is 0 Å². The minimum Gasteiger partial charge on any atom is -0.381 e. The van der Waals surface area contributed by atoms with Gasteiger partial charge < -0.3 is 15.4 Å². The third-order valence-electron chi connectivity index (χ3n) is 4.97. The highest BCUT2D eigenvalue weighted by Gasteiger charge is 2.23. The quantitative estimate of drug-likeness (QED) is 0.815. The lowest BCUT2D eigenvalue weighted by atomic mass is 10.0. The first-order valence-electron chi connectivity index (χ1n) is 9.32. The molecule has 0 saturated carbocycles. The first-order valence-corrected chi connectivity index (χ1v) is 9.32. The molecule has 7 heteroatoms. The van der Waals surface area contributed by atoms with Crippen LogP contribution in [0.3, 0.4) is 0 Å².